The van der Waals surface area contributed by atoms with E-state index in [2.05, 4.69) is 0 Å². The molecule has 204 valence electrons. The summed E-state index contributed by atoms with van der Waals surface area (Å²) in [5.41, 5.74) is 1.91. The number of likely N-dealkylation sites (N-methyl/N-ethyl adjacent to an activating group) is 1. The lowest BCUT2D eigenvalue weighted by atomic mass is 9.54. The third-order valence-electron chi connectivity index (χ3n) is 8.46. The number of benzene rings is 1. The molecule has 12 heteroatoms. The van der Waals surface area contributed by atoms with Crippen molar-refractivity contribution in [2.45, 2.75) is 30.6 Å². The first-order valence-electron chi connectivity index (χ1n) is 12.4. The van der Waals surface area contributed by atoms with Crippen LogP contribution in [-0.2, 0) is 19.1 Å². The van der Waals surface area contributed by atoms with E-state index in [1.807, 2.05) is 4.90 Å². The minimum Gasteiger partial charge on any atom is -0.508 e. The average molecular weight is 530 g/mol. The molecule has 0 bridgehead atoms. The van der Waals surface area contributed by atoms with Crippen LogP contribution in [0.15, 0.2) is 29.0 Å². The van der Waals surface area contributed by atoms with Gasteiger partial charge in [0.15, 0.2) is 11.4 Å². The number of morpholine rings is 1. The lowest BCUT2D eigenvalue weighted by Crippen LogP contribution is -2.70. The van der Waals surface area contributed by atoms with Gasteiger partial charge in [-0.1, -0.05) is 13.0 Å². The Bertz CT molecular complexity index is 1310. The second-order valence-corrected chi connectivity index (χ2v) is 10.5. The molecule has 0 aromatic heterocycles. The summed E-state index contributed by atoms with van der Waals surface area (Å²) in [5.74, 6) is -8.97. The van der Waals surface area contributed by atoms with Crippen molar-refractivity contribution in [1.29, 1.82) is 0 Å². The molecule has 3 aliphatic carbocycles. The van der Waals surface area contributed by atoms with Crippen LogP contribution < -0.4 is 10.6 Å². The minimum absolute atomic E-state index is 0.0232. The van der Waals surface area contributed by atoms with Crippen molar-refractivity contribution in [2.75, 3.05) is 45.3 Å². The molecule has 1 aromatic rings. The van der Waals surface area contributed by atoms with Crippen molar-refractivity contribution in [1.82, 2.24) is 4.90 Å². The molecule has 1 saturated carbocycles. The van der Waals surface area contributed by atoms with Gasteiger partial charge in [0.2, 0.25) is 5.78 Å². The highest BCUT2D eigenvalue weighted by molar-refractivity contribution is 6.24. The number of nitrogens with zero attached hydrogens (tertiary/aromatic N) is 2. The predicted octanol–water partition coefficient (Wildman–Crippen LogP) is -0.668. The lowest BCUT2D eigenvalue weighted by Gasteiger charge is -2.53. The molecule has 1 amide bonds. The number of phenolic OH excluding ortho intramolecular Hbond substituents is 1. The monoisotopic (exact) mass is 529 g/mol. The number of primary amides is 1. The number of carbonyl (C=O) groups is 3. The van der Waals surface area contributed by atoms with E-state index in [9.17, 15) is 39.9 Å². The van der Waals surface area contributed by atoms with E-state index in [0.29, 0.717) is 37.6 Å². The first-order chi connectivity index (χ1) is 17.8. The zero-order chi connectivity index (χ0) is 27.8. The second kappa shape index (κ2) is 8.80. The van der Waals surface area contributed by atoms with Crippen molar-refractivity contribution in [3.8, 4) is 5.75 Å². The average Bonchev–Trinajstić information content (AvgIpc) is 2.86. The van der Waals surface area contributed by atoms with Gasteiger partial charge in [-0.15, -0.1) is 0 Å². The Balaban J connectivity index is 1.75. The summed E-state index contributed by atoms with van der Waals surface area (Å²) >= 11 is 0. The number of nitrogens with two attached hydrogens (primary N) is 1. The summed E-state index contributed by atoms with van der Waals surface area (Å²) in [6.45, 7) is 3.58. The molecule has 1 saturated heterocycles. The molecule has 0 radical (unpaired) electrons. The SMILES string of the molecule is CC1c2ccc(N3CCOCC3)c(O)c2C(O)=C2C(=O)C3(O)C(O)=C(C(N)=O)C(=O)C(N(C)C)C3C(O)C21. The molecule has 1 heterocycles. The third kappa shape index (κ3) is 3.27. The van der Waals surface area contributed by atoms with Gasteiger partial charge in [0, 0.05) is 24.6 Å². The summed E-state index contributed by atoms with van der Waals surface area (Å²) in [6.07, 6.45) is -1.62. The van der Waals surface area contributed by atoms with E-state index in [-0.39, 0.29) is 11.3 Å². The van der Waals surface area contributed by atoms with Crippen LogP contribution in [0.1, 0.15) is 24.0 Å². The maximum absolute atomic E-state index is 14.0. The largest absolute Gasteiger partial charge is 0.508 e. The summed E-state index contributed by atoms with van der Waals surface area (Å²) in [4.78, 5) is 42.5. The highest BCUT2D eigenvalue weighted by Crippen LogP contribution is 2.56. The summed E-state index contributed by atoms with van der Waals surface area (Å²) < 4.78 is 5.37. The number of Topliss-reactive ketones (excluding diaryl/α,β-unsaturated/α-hetero) is 2. The van der Waals surface area contributed by atoms with E-state index in [4.69, 9.17) is 10.5 Å². The van der Waals surface area contributed by atoms with Crippen LogP contribution in [0.2, 0.25) is 0 Å². The molecule has 38 heavy (non-hydrogen) atoms. The second-order valence-electron chi connectivity index (χ2n) is 10.5. The zero-order valence-corrected chi connectivity index (χ0v) is 21.2. The molecule has 7 N–H and O–H groups in total. The van der Waals surface area contributed by atoms with E-state index in [0.717, 1.165) is 0 Å². The molecular weight excluding hydrogens is 498 g/mol. The highest BCUT2D eigenvalue weighted by atomic mass is 16.5. The number of anilines is 1. The molecule has 6 atom stereocenters. The van der Waals surface area contributed by atoms with Gasteiger partial charge in [-0.25, -0.2) is 0 Å². The van der Waals surface area contributed by atoms with Crippen molar-refractivity contribution in [3.63, 3.8) is 0 Å². The Morgan fingerprint density at radius 1 is 1.16 bits per heavy atom. The van der Waals surface area contributed by atoms with Crippen LogP contribution >= 0.6 is 0 Å². The number of phenols is 1. The van der Waals surface area contributed by atoms with Crippen LogP contribution in [0, 0.1) is 11.8 Å². The molecule has 12 nitrogen and oxygen atoms in total. The number of hydrogen-bond acceptors (Lipinski definition) is 11. The smallest absolute Gasteiger partial charge is 0.255 e. The van der Waals surface area contributed by atoms with Gasteiger partial charge < -0.3 is 40.9 Å². The fourth-order valence-corrected chi connectivity index (χ4v) is 6.66. The van der Waals surface area contributed by atoms with E-state index < -0.39 is 75.6 Å². The van der Waals surface area contributed by atoms with Gasteiger partial charge in [-0.2, -0.15) is 0 Å². The Morgan fingerprint density at radius 3 is 2.37 bits per heavy atom. The predicted molar refractivity (Wildman–Crippen MR) is 133 cm³/mol. The Kier molecular flexibility index (Phi) is 6.06. The van der Waals surface area contributed by atoms with Crippen molar-refractivity contribution < 1.29 is 44.7 Å². The fraction of sp³-hybridized carbons (Fsp3) is 0.500. The van der Waals surface area contributed by atoms with Crippen molar-refractivity contribution in [2.24, 2.45) is 17.6 Å². The molecular formula is C26H31N3O9. The summed E-state index contributed by atoms with van der Waals surface area (Å²) in [6, 6.07) is 2.02. The topological polar surface area (TPSA) is 194 Å². The molecule has 4 aliphatic rings. The Morgan fingerprint density at radius 2 is 1.79 bits per heavy atom. The number of rotatable bonds is 3. The van der Waals surface area contributed by atoms with E-state index in [1.54, 1.807) is 19.1 Å². The number of aliphatic hydroxyl groups excluding tert-OH is 3. The molecule has 5 rings (SSSR count). The Hall–Kier alpha value is -3.45. The van der Waals surface area contributed by atoms with Crippen molar-refractivity contribution >= 4 is 28.9 Å². The summed E-state index contributed by atoms with van der Waals surface area (Å²) in [7, 11) is 2.93. The van der Waals surface area contributed by atoms with Crippen LogP contribution in [0.4, 0.5) is 5.69 Å². The fourth-order valence-electron chi connectivity index (χ4n) is 6.66. The molecule has 2 fully saturated rings. The van der Waals surface area contributed by atoms with Crippen LogP contribution in [0.25, 0.3) is 5.76 Å². The van der Waals surface area contributed by atoms with Gasteiger partial charge in [-0.05, 0) is 31.6 Å². The van der Waals surface area contributed by atoms with Crippen molar-refractivity contribution in [3.05, 3.63) is 40.2 Å². The number of aromatic hydroxyl groups is 1. The maximum atomic E-state index is 14.0. The number of aliphatic hydroxyl groups is 4. The number of ketones is 2. The molecule has 1 aliphatic heterocycles. The Labute approximate surface area is 218 Å². The lowest BCUT2D eigenvalue weighted by molar-refractivity contribution is -0.169. The number of fused-ring (bicyclic) bond motifs is 3. The number of amides is 1. The number of carbonyl (C=O) groups excluding carboxylic acids is 3. The molecule has 1 aromatic carbocycles. The third-order valence-corrected chi connectivity index (χ3v) is 8.46. The molecule has 6 unspecified atom stereocenters. The first-order valence-corrected chi connectivity index (χ1v) is 12.4. The van der Waals surface area contributed by atoms with Crippen LogP contribution in [-0.4, -0.2) is 106 Å². The van der Waals surface area contributed by atoms with Gasteiger partial charge in [0.1, 0.15) is 22.8 Å². The van der Waals surface area contributed by atoms with Gasteiger partial charge >= 0.3 is 0 Å². The number of ether oxygens (including phenoxy) is 1. The summed E-state index contributed by atoms with van der Waals surface area (Å²) in [5, 5.41) is 57.0. The van der Waals surface area contributed by atoms with E-state index in [1.165, 1.54) is 19.0 Å². The minimum atomic E-state index is -2.93. The molecule has 0 spiro atoms. The first kappa shape index (κ1) is 26.2. The van der Waals surface area contributed by atoms with Gasteiger partial charge in [-0.3, -0.25) is 19.3 Å². The van der Waals surface area contributed by atoms with E-state index >= 15 is 0 Å². The zero-order valence-electron chi connectivity index (χ0n) is 21.2. The normalized spacial score (nSPS) is 33.3. The van der Waals surface area contributed by atoms with Crippen LogP contribution in [0.3, 0.4) is 0 Å². The highest BCUT2D eigenvalue weighted by Gasteiger charge is 2.68. The van der Waals surface area contributed by atoms with Gasteiger partial charge in [0.25, 0.3) is 5.91 Å². The maximum Gasteiger partial charge on any atom is 0.255 e. The quantitative estimate of drug-likeness (QED) is 0.272. The number of hydrogen-bond donors (Lipinski definition) is 6. The van der Waals surface area contributed by atoms with Gasteiger partial charge in [0.05, 0.1) is 42.5 Å². The standard InChI is InChI=1S/C26H31N3O9/c1-10-11-4-5-12(29-6-8-38-9-7-29)19(30)14(11)20(31)15-13(10)21(32)17-18(28(2)3)22(33)16(25(27)36)24(35)26(17,37)23(15)34/h4-5,10,13,17-18,21,30-32,35,37H,6-9H2,1-3H3,(H2,27,36). The van der Waals surface area contributed by atoms with Crippen LogP contribution in [0.5, 0.6) is 5.75 Å².